The van der Waals surface area contributed by atoms with Crippen LogP contribution in [0.2, 0.25) is 0 Å². The second-order valence-corrected chi connectivity index (χ2v) is 7.94. The maximum atomic E-state index is 13.0. The molecule has 0 radical (unpaired) electrons. The number of nitrogens with zero attached hydrogens (tertiary/aromatic N) is 2. The number of likely N-dealkylation sites (tertiary alicyclic amines) is 1. The Morgan fingerprint density at radius 1 is 1.03 bits per heavy atom. The minimum absolute atomic E-state index is 0.130. The largest absolute Gasteiger partial charge is 0.352 e. The summed E-state index contributed by atoms with van der Waals surface area (Å²) in [6.07, 6.45) is 1.10. The Kier molecular flexibility index (Phi) is 5.80. The van der Waals surface area contributed by atoms with Gasteiger partial charge in [0.05, 0.1) is 16.8 Å². The van der Waals surface area contributed by atoms with E-state index in [9.17, 15) is 14.4 Å². The summed E-state index contributed by atoms with van der Waals surface area (Å²) in [5, 5.41) is 3.72. The predicted molar refractivity (Wildman–Crippen MR) is 120 cm³/mol. The van der Waals surface area contributed by atoms with E-state index in [1.165, 1.54) is 10.5 Å². The van der Waals surface area contributed by atoms with Gasteiger partial charge in [-0.15, -0.1) is 0 Å². The van der Waals surface area contributed by atoms with Gasteiger partial charge in [0, 0.05) is 36.9 Å². The summed E-state index contributed by atoms with van der Waals surface area (Å²) in [4.78, 5) is 42.5. The summed E-state index contributed by atoms with van der Waals surface area (Å²) in [6.45, 7) is 4.81. The molecular formula is C25H25N3O3. The number of nitrogens with one attached hydrogen (secondary N) is 1. The van der Waals surface area contributed by atoms with Crippen LogP contribution in [0.15, 0.2) is 48.5 Å². The van der Waals surface area contributed by atoms with Gasteiger partial charge >= 0.3 is 0 Å². The number of carbonyl (C=O) groups excluding carboxylic acids is 3. The van der Waals surface area contributed by atoms with Crippen molar-refractivity contribution >= 4 is 28.6 Å². The molecule has 0 bridgehead atoms. The van der Waals surface area contributed by atoms with E-state index >= 15 is 0 Å². The topological polar surface area (TPSA) is 79.4 Å². The van der Waals surface area contributed by atoms with Crippen LogP contribution >= 0.6 is 0 Å². The van der Waals surface area contributed by atoms with E-state index in [4.69, 9.17) is 4.98 Å². The summed E-state index contributed by atoms with van der Waals surface area (Å²) in [5.41, 5.74) is 5.36. The van der Waals surface area contributed by atoms with E-state index < -0.39 is 0 Å². The average molecular weight is 415 g/mol. The third kappa shape index (κ3) is 4.33. The van der Waals surface area contributed by atoms with E-state index in [2.05, 4.69) is 11.4 Å². The van der Waals surface area contributed by atoms with E-state index in [-0.39, 0.29) is 30.6 Å². The van der Waals surface area contributed by atoms with Gasteiger partial charge in [0.25, 0.3) is 5.91 Å². The Hall–Kier alpha value is -3.54. The van der Waals surface area contributed by atoms with E-state index in [1.54, 1.807) is 0 Å². The van der Waals surface area contributed by atoms with E-state index in [1.807, 2.05) is 56.3 Å². The molecule has 1 fully saturated rings. The second kappa shape index (κ2) is 8.68. The predicted octanol–water partition coefficient (Wildman–Crippen LogP) is 3.79. The zero-order valence-corrected chi connectivity index (χ0v) is 17.8. The van der Waals surface area contributed by atoms with Crippen LogP contribution in [0.4, 0.5) is 0 Å². The van der Waals surface area contributed by atoms with Gasteiger partial charge in [0.1, 0.15) is 0 Å². The number of aryl methyl sites for hydroxylation is 2. The van der Waals surface area contributed by atoms with Crippen molar-refractivity contribution in [1.29, 1.82) is 0 Å². The van der Waals surface area contributed by atoms with Crippen molar-refractivity contribution in [3.63, 3.8) is 0 Å². The number of rotatable bonds is 6. The molecule has 0 unspecified atom stereocenters. The third-order valence-corrected chi connectivity index (χ3v) is 5.62. The normalized spacial score (nSPS) is 13.8. The molecule has 6 heteroatoms. The molecule has 1 aromatic heterocycles. The molecule has 0 atom stereocenters. The van der Waals surface area contributed by atoms with Crippen LogP contribution in [0.3, 0.4) is 0 Å². The number of para-hydroxylation sites is 1. The van der Waals surface area contributed by atoms with Crippen molar-refractivity contribution in [2.75, 3.05) is 13.1 Å². The third-order valence-electron chi connectivity index (χ3n) is 5.62. The fourth-order valence-electron chi connectivity index (χ4n) is 4.01. The fourth-order valence-corrected chi connectivity index (χ4v) is 4.01. The van der Waals surface area contributed by atoms with Gasteiger partial charge in [-0.3, -0.25) is 19.3 Å². The molecule has 0 saturated carbocycles. The molecule has 0 aliphatic carbocycles. The number of fused-ring (bicyclic) bond motifs is 1. The van der Waals surface area contributed by atoms with Gasteiger partial charge < -0.3 is 5.32 Å². The number of hydrogen-bond acceptors (Lipinski definition) is 4. The molecule has 3 amide bonds. The highest BCUT2D eigenvalue weighted by Crippen LogP contribution is 2.27. The van der Waals surface area contributed by atoms with Gasteiger partial charge in [-0.2, -0.15) is 0 Å². The Balaban J connectivity index is 1.55. The Labute approximate surface area is 181 Å². The Morgan fingerprint density at radius 3 is 2.52 bits per heavy atom. The molecule has 1 N–H and O–H groups in total. The lowest BCUT2D eigenvalue weighted by Gasteiger charge is -2.14. The maximum Gasteiger partial charge on any atom is 0.252 e. The molecular weight excluding hydrogens is 390 g/mol. The molecule has 158 valence electrons. The molecule has 1 saturated heterocycles. The molecule has 2 aromatic carbocycles. The average Bonchev–Trinajstić information content (AvgIpc) is 3.07. The van der Waals surface area contributed by atoms with Crippen LogP contribution in [0.25, 0.3) is 22.2 Å². The maximum absolute atomic E-state index is 13.0. The van der Waals surface area contributed by atoms with Crippen molar-refractivity contribution in [2.24, 2.45) is 0 Å². The summed E-state index contributed by atoms with van der Waals surface area (Å²) >= 11 is 0. The molecule has 1 aliphatic heterocycles. The van der Waals surface area contributed by atoms with Crippen LogP contribution in [0.1, 0.15) is 40.7 Å². The van der Waals surface area contributed by atoms with Crippen molar-refractivity contribution < 1.29 is 14.4 Å². The Bertz CT molecular complexity index is 1170. The van der Waals surface area contributed by atoms with Crippen LogP contribution < -0.4 is 5.32 Å². The molecule has 3 aromatic rings. The minimum atomic E-state index is -0.191. The first-order valence-electron chi connectivity index (χ1n) is 10.5. The SMILES string of the molecule is Cc1ccc(-c2cc(C(=O)NCCCN3C(=O)CCC3=O)c3ccccc3n2)c(C)c1. The monoisotopic (exact) mass is 415 g/mol. The standard InChI is InChI=1S/C25H25N3O3/c1-16-8-9-18(17(2)14-16)22-15-20(19-6-3-4-7-21(19)27-22)25(31)26-12-5-13-28-23(29)10-11-24(28)30/h3-4,6-9,14-15H,5,10-13H2,1-2H3,(H,26,31). The van der Waals surface area contributed by atoms with Crippen molar-refractivity contribution in [3.8, 4) is 11.3 Å². The molecule has 4 rings (SSSR count). The van der Waals surface area contributed by atoms with E-state index in [0.717, 1.165) is 27.7 Å². The number of aromatic nitrogens is 1. The van der Waals surface area contributed by atoms with Crippen LogP contribution in [-0.4, -0.2) is 40.7 Å². The van der Waals surface area contributed by atoms with E-state index in [0.29, 0.717) is 25.1 Å². The molecule has 1 aliphatic rings. The quantitative estimate of drug-likeness (QED) is 0.491. The lowest BCUT2D eigenvalue weighted by atomic mass is 9.99. The molecule has 0 spiro atoms. The molecule has 2 heterocycles. The summed E-state index contributed by atoms with van der Waals surface area (Å²) < 4.78 is 0. The number of pyridine rings is 1. The first-order chi connectivity index (χ1) is 14.9. The van der Waals surface area contributed by atoms with Gasteiger partial charge in [-0.05, 0) is 38.0 Å². The lowest BCUT2D eigenvalue weighted by Crippen LogP contribution is -2.33. The van der Waals surface area contributed by atoms with Crippen molar-refractivity contribution in [2.45, 2.75) is 33.1 Å². The first-order valence-corrected chi connectivity index (χ1v) is 10.5. The van der Waals surface area contributed by atoms with Crippen LogP contribution in [0.5, 0.6) is 0 Å². The number of imide groups is 1. The van der Waals surface area contributed by atoms with Gasteiger partial charge in [-0.25, -0.2) is 4.98 Å². The zero-order valence-electron chi connectivity index (χ0n) is 17.8. The Morgan fingerprint density at radius 2 is 1.77 bits per heavy atom. The fraction of sp³-hybridized carbons (Fsp3) is 0.280. The molecule has 6 nitrogen and oxygen atoms in total. The van der Waals surface area contributed by atoms with Crippen molar-refractivity contribution in [1.82, 2.24) is 15.2 Å². The highest BCUT2D eigenvalue weighted by atomic mass is 16.2. The zero-order chi connectivity index (χ0) is 22.0. The van der Waals surface area contributed by atoms with Gasteiger partial charge in [0.2, 0.25) is 11.8 Å². The highest BCUT2D eigenvalue weighted by molar-refractivity contribution is 6.07. The summed E-state index contributed by atoms with van der Waals surface area (Å²) in [7, 11) is 0. The first kappa shape index (κ1) is 20.7. The number of hydrogen-bond donors (Lipinski definition) is 1. The smallest absolute Gasteiger partial charge is 0.252 e. The van der Waals surface area contributed by atoms with Crippen LogP contribution in [0, 0.1) is 13.8 Å². The highest BCUT2D eigenvalue weighted by Gasteiger charge is 2.28. The summed E-state index contributed by atoms with van der Waals surface area (Å²) in [6, 6.07) is 15.6. The number of amides is 3. The number of carbonyl (C=O) groups is 3. The van der Waals surface area contributed by atoms with Gasteiger partial charge in [-0.1, -0.05) is 42.0 Å². The minimum Gasteiger partial charge on any atom is -0.352 e. The number of benzene rings is 2. The second-order valence-electron chi connectivity index (χ2n) is 7.94. The summed E-state index contributed by atoms with van der Waals surface area (Å²) in [5.74, 6) is -0.451. The van der Waals surface area contributed by atoms with Crippen LogP contribution in [-0.2, 0) is 9.59 Å². The lowest BCUT2D eigenvalue weighted by molar-refractivity contribution is -0.138. The van der Waals surface area contributed by atoms with Crippen molar-refractivity contribution in [3.05, 3.63) is 65.2 Å². The molecule has 31 heavy (non-hydrogen) atoms. The van der Waals surface area contributed by atoms with Gasteiger partial charge in [0.15, 0.2) is 0 Å².